The number of carbonyl (C=O) groups is 2. The van der Waals surface area contributed by atoms with Crippen LogP contribution < -0.4 is 5.32 Å². The lowest BCUT2D eigenvalue weighted by atomic mass is 10.2. The van der Waals surface area contributed by atoms with Gasteiger partial charge in [0.25, 0.3) is 5.91 Å². The molecule has 28 heavy (non-hydrogen) atoms. The second-order valence-electron chi connectivity index (χ2n) is 6.22. The monoisotopic (exact) mass is 396 g/mol. The van der Waals surface area contributed by atoms with Crippen LogP contribution in [0.1, 0.15) is 11.3 Å². The summed E-state index contributed by atoms with van der Waals surface area (Å²) >= 11 is 5.85. The predicted octanol–water partition coefficient (Wildman–Crippen LogP) is 4.83. The zero-order valence-electron chi connectivity index (χ0n) is 14.5. The third-order valence-corrected chi connectivity index (χ3v) is 4.49. The Kier molecular flexibility index (Phi) is 4.71. The molecular weight excluding hydrogens is 383 g/mol. The van der Waals surface area contributed by atoms with Crippen LogP contribution in [0.2, 0.25) is 5.02 Å². The number of urea groups is 1. The van der Waals surface area contributed by atoms with Gasteiger partial charge in [-0.1, -0.05) is 35.9 Å². The van der Waals surface area contributed by atoms with Crippen molar-refractivity contribution in [2.45, 2.75) is 6.54 Å². The largest absolute Gasteiger partial charge is 0.457 e. The topological polar surface area (TPSA) is 62.6 Å². The molecule has 1 aliphatic rings. The first kappa shape index (κ1) is 18.0. The molecule has 7 heteroatoms. The molecule has 0 radical (unpaired) electrons. The average Bonchev–Trinajstić information content (AvgIpc) is 3.24. The van der Waals surface area contributed by atoms with Crippen molar-refractivity contribution in [1.29, 1.82) is 0 Å². The molecule has 3 amide bonds. The van der Waals surface area contributed by atoms with Crippen molar-refractivity contribution in [3.8, 4) is 11.3 Å². The van der Waals surface area contributed by atoms with Gasteiger partial charge in [-0.25, -0.2) is 9.18 Å². The summed E-state index contributed by atoms with van der Waals surface area (Å²) in [4.78, 5) is 25.8. The van der Waals surface area contributed by atoms with E-state index < -0.39 is 11.9 Å². The smallest absolute Gasteiger partial charge is 0.329 e. The Hall–Kier alpha value is -3.38. The molecule has 1 saturated heterocycles. The van der Waals surface area contributed by atoms with Gasteiger partial charge in [-0.3, -0.25) is 9.69 Å². The van der Waals surface area contributed by atoms with Crippen LogP contribution in [0.25, 0.3) is 17.4 Å². The number of imide groups is 1. The molecule has 0 bridgehead atoms. The Morgan fingerprint density at radius 3 is 2.61 bits per heavy atom. The summed E-state index contributed by atoms with van der Waals surface area (Å²) in [6.07, 6.45) is 1.45. The van der Waals surface area contributed by atoms with Crippen LogP contribution in [0.3, 0.4) is 0 Å². The van der Waals surface area contributed by atoms with Gasteiger partial charge >= 0.3 is 6.03 Å². The maximum Gasteiger partial charge on any atom is 0.329 e. The Labute approximate surface area is 165 Å². The molecule has 0 saturated carbocycles. The highest BCUT2D eigenvalue weighted by Crippen LogP contribution is 2.25. The van der Waals surface area contributed by atoms with E-state index in [1.165, 1.54) is 18.2 Å². The summed E-state index contributed by atoms with van der Waals surface area (Å²) in [6, 6.07) is 15.7. The molecule has 0 spiro atoms. The minimum atomic E-state index is -0.511. The van der Waals surface area contributed by atoms with E-state index in [0.717, 1.165) is 10.5 Å². The van der Waals surface area contributed by atoms with Crippen molar-refractivity contribution in [2.75, 3.05) is 0 Å². The fourth-order valence-electron chi connectivity index (χ4n) is 2.86. The van der Waals surface area contributed by atoms with E-state index in [0.29, 0.717) is 22.1 Å². The van der Waals surface area contributed by atoms with E-state index in [1.807, 2.05) is 0 Å². The van der Waals surface area contributed by atoms with Crippen molar-refractivity contribution in [2.24, 2.45) is 0 Å². The first-order chi connectivity index (χ1) is 13.5. The van der Waals surface area contributed by atoms with Gasteiger partial charge in [0, 0.05) is 16.7 Å². The number of hydrogen-bond acceptors (Lipinski definition) is 3. The number of carbonyl (C=O) groups excluding carboxylic acids is 2. The summed E-state index contributed by atoms with van der Waals surface area (Å²) in [7, 11) is 0. The number of benzene rings is 2. The zero-order valence-corrected chi connectivity index (χ0v) is 15.2. The quantitative estimate of drug-likeness (QED) is 0.507. The average molecular weight is 397 g/mol. The molecule has 1 fully saturated rings. The van der Waals surface area contributed by atoms with Gasteiger partial charge in [0.2, 0.25) is 0 Å². The molecule has 140 valence electrons. The maximum atomic E-state index is 13.4. The molecule has 4 rings (SSSR count). The first-order valence-corrected chi connectivity index (χ1v) is 8.82. The third kappa shape index (κ3) is 3.68. The number of nitrogens with zero attached hydrogens (tertiary/aromatic N) is 1. The Morgan fingerprint density at radius 1 is 1.07 bits per heavy atom. The van der Waals surface area contributed by atoms with Crippen molar-refractivity contribution in [3.63, 3.8) is 0 Å². The Bertz CT molecular complexity index is 1090. The van der Waals surface area contributed by atoms with Gasteiger partial charge in [0.1, 0.15) is 23.0 Å². The highest BCUT2D eigenvalue weighted by Gasteiger charge is 2.33. The maximum absolute atomic E-state index is 13.4. The highest BCUT2D eigenvalue weighted by atomic mass is 35.5. The molecule has 5 nitrogen and oxygen atoms in total. The minimum Gasteiger partial charge on any atom is -0.457 e. The van der Waals surface area contributed by atoms with Crippen LogP contribution in [-0.4, -0.2) is 16.8 Å². The van der Waals surface area contributed by atoms with E-state index in [1.54, 1.807) is 48.5 Å². The fourth-order valence-corrected chi connectivity index (χ4v) is 2.98. The van der Waals surface area contributed by atoms with Gasteiger partial charge < -0.3 is 9.73 Å². The van der Waals surface area contributed by atoms with E-state index in [2.05, 4.69) is 5.32 Å². The lowest BCUT2D eigenvalue weighted by Gasteiger charge is -2.11. The van der Waals surface area contributed by atoms with E-state index >= 15 is 0 Å². The number of halogens is 2. The second-order valence-corrected chi connectivity index (χ2v) is 6.65. The van der Waals surface area contributed by atoms with Crippen LogP contribution in [-0.2, 0) is 11.3 Å². The van der Waals surface area contributed by atoms with E-state index in [4.69, 9.17) is 16.0 Å². The molecular formula is C21H14ClFN2O3. The normalized spacial score (nSPS) is 15.4. The Morgan fingerprint density at radius 2 is 1.86 bits per heavy atom. The molecule has 0 atom stereocenters. The van der Waals surface area contributed by atoms with Crippen molar-refractivity contribution in [1.82, 2.24) is 10.2 Å². The van der Waals surface area contributed by atoms with Crippen molar-refractivity contribution >= 4 is 29.6 Å². The van der Waals surface area contributed by atoms with Crippen LogP contribution in [0.5, 0.6) is 0 Å². The number of amides is 3. The van der Waals surface area contributed by atoms with Gasteiger partial charge in [0.05, 0.1) is 6.54 Å². The van der Waals surface area contributed by atoms with E-state index in [-0.39, 0.29) is 18.1 Å². The summed E-state index contributed by atoms with van der Waals surface area (Å²) in [6.45, 7) is 0.131. The molecule has 2 aromatic carbocycles. The molecule has 2 heterocycles. The molecule has 0 aliphatic carbocycles. The summed E-state index contributed by atoms with van der Waals surface area (Å²) < 4.78 is 19.0. The molecule has 3 aromatic rings. The van der Waals surface area contributed by atoms with Crippen LogP contribution in [0.15, 0.2) is 70.8 Å². The number of rotatable bonds is 4. The van der Waals surface area contributed by atoms with Gasteiger partial charge in [0.15, 0.2) is 0 Å². The third-order valence-electron chi connectivity index (χ3n) is 4.24. The standard InChI is InChI=1S/C21H14ClFN2O3/c22-15-6-4-13(5-7-15)12-25-20(26)18(24-21(25)27)11-17-8-9-19(28-17)14-2-1-3-16(23)10-14/h1-11H,12H2,(H,24,27). The Balaban J connectivity index is 1.53. The van der Waals surface area contributed by atoms with Gasteiger partial charge in [-0.15, -0.1) is 0 Å². The number of hydrogen-bond donors (Lipinski definition) is 1. The van der Waals surface area contributed by atoms with Crippen LogP contribution in [0, 0.1) is 5.82 Å². The summed E-state index contributed by atoms with van der Waals surface area (Å²) in [5, 5.41) is 3.12. The summed E-state index contributed by atoms with van der Waals surface area (Å²) in [5.74, 6) is 0.00549. The van der Waals surface area contributed by atoms with Crippen LogP contribution >= 0.6 is 11.6 Å². The SMILES string of the molecule is O=C1NC(=Cc2ccc(-c3cccc(F)c3)o2)C(=O)N1Cc1ccc(Cl)cc1. The lowest BCUT2D eigenvalue weighted by Crippen LogP contribution is -2.30. The highest BCUT2D eigenvalue weighted by molar-refractivity contribution is 6.30. The fraction of sp³-hybridized carbons (Fsp3) is 0.0476. The molecule has 0 unspecified atom stereocenters. The molecule has 1 aromatic heterocycles. The van der Waals surface area contributed by atoms with Crippen molar-refractivity contribution < 1.29 is 18.4 Å². The van der Waals surface area contributed by atoms with Crippen LogP contribution in [0.4, 0.5) is 9.18 Å². The minimum absolute atomic E-state index is 0.110. The van der Waals surface area contributed by atoms with Gasteiger partial charge in [-0.2, -0.15) is 0 Å². The van der Waals surface area contributed by atoms with E-state index in [9.17, 15) is 14.0 Å². The van der Waals surface area contributed by atoms with Crippen molar-refractivity contribution in [3.05, 3.63) is 88.5 Å². The number of nitrogens with one attached hydrogen (secondary N) is 1. The molecule has 1 aliphatic heterocycles. The number of furan rings is 1. The summed E-state index contributed by atoms with van der Waals surface area (Å²) in [5.41, 5.74) is 1.47. The first-order valence-electron chi connectivity index (χ1n) is 8.44. The van der Waals surface area contributed by atoms with Gasteiger partial charge in [-0.05, 0) is 42.0 Å². The molecule has 1 N–H and O–H groups in total. The lowest BCUT2D eigenvalue weighted by molar-refractivity contribution is -0.123. The second kappa shape index (κ2) is 7.32. The zero-order chi connectivity index (χ0) is 19.7. The predicted molar refractivity (Wildman–Crippen MR) is 103 cm³/mol.